The fourth-order valence-electron chi connectivity index (χ4n) is 2.66. The van der Waals surface area contributed by atoms with E-state index >= 15 is 0 Å². The maximum absolute atomic E-state index is 12.9. The third kappa shape index (κ3) is 4.25. The standard InChI is InChI=1S/C16H23FN2O2/c1-12(13-5-7-14(17)8-6-13)18(2)16(21)11-19-9-3-4-15(20)10-19/h5-8,12,15,20H,3-4,9-11H2,1-2H3. The molecule has 4 nitrogen and oxygen atoms in total. The Hall–Kier alpha value is -1.46. The highest BCUT2D eigenvalue weighted by molar-refractivity contribution is 5.78. The van der Waals surface area contributed by atoms with Gasteiger partial charge in [0.1, 0.15) is 5.82 Å². The number of likely N-dealkylation sites (tertiary alicyclic amines) is 1. The predicted molar refractivity (Wildman–Crippen MR) is 79.3 cm³/mol. The molecular formula is C16H23FN2O2. The first-order valence-electron chi connectivity index (χ1n) is 7.39. The van der Waals surface area contributed by atoms with Crippen molar-refractivity contribution in [2.45, 2.75) is 31.9 Å². The van der Waals surface area contributed by atoms with Crippen LogP contribution in [0.2, 0.25) is 0 Å². The maximum atomic E-state index is 12.9. The predicted octanol–water partition coefficient (Wildman–Crippen LogP) is 1.80. The number of rotatable bonds is 4. The lowest BCUT2D eigenvalue weighted by Gasteiger charge is -2.32. The number of likely N-dealkylation sites (N-methyl/N-ethyl adjacent to an activating group) is 1. The van der Waals surface area contributed by atoms with E-state index in [9.17, 15) is 14.3 Å². The van der Waals surface area contributed by atoms with Crippen molar-refractivity contribution >= 4 is 5.91 Å². The van der Waals surface area contributed by atoms with Crippen LogP contribution in [0, 0.1) is 5.82 Å². The van der Waals surface area contributed by atoms with E-state index in [4.69, 9.17) is 0 Å². The summed E-state index contributed by atoms with van der Waals surface area (Å²) in [6.45, 7) is 3.65. The first-order chi connectivity index (χ1) is 9.97. The third-order valence-corrected chi connectivity index (χ3v) is 4.17. The van der Waals surface area contributed by atoms with Crippen LogP contribution < -0.4 is 0 Å². The molecule has 1 fully saturated rings. The second-order valence-electron chi connectivity index (χ2n) is 5.76. The zero-order valence-electron chi connectivity index (χ0n) is 12.6. The molecule has 5 heteroatoms. The molecule has 21 heavy (non-hydrogen) atoms. The van der Waals surface area contributed by atoms with Crippen molar-refractivity contribution in [3.8, 4) is 0 Å². The lowest BCUT2D eigenvalue weighted by molar-refractivity contribution is -0.133. The second-order valence-corrected chi connectivity index (χ2v) is 5.76. The Bertz CT molecular complexity index is 478. The summed E-state index contributed by atoms with van der Waals surface area (Å²) < 4.78 is 12.9. The van der Waals surface area contributed by atoms with Crippen LogP contribution in [0.4, 0.5) is 4.39 Å². The van der Waals surface area contributed by atoms with E-state index in [0.29, 0.717) is 13.1 Å². The van der Waals surface area contributed by atoms with Crippen LogP contribution in [0.25, 0.3) is 0 Å². The molecule has 1 N–H and O–H groups in total. The third-order valence-electron chi connectivity index (χ3n) is 4.17. The number of nitrogens with zero attached hydrogens (tertiary/aromatic N) is 2. The molecule has 1 saturated heterocycles. The number of hydrogen-bond acceptors (Lipinski definition) is 3. The van der Waals surface area contributed by atoms with Crippen molar-refractivity contribution in [1.29, 1.82) is 0 Å². The molecule has 1 aliphatic heterocycles. The quantitative estimate of drug-likeness (QED) is 0.921. The van der Waals surface area contributed by atoms with Crippen LogP contribution in [0.1, 0.15) is 31.4 Å². The van der Waals surface area contributed by atoms with Gasteiger partial charge in [0.25, 0.3) is 0 Å². The molecule has 2 unspecified atom stereocenters. The number of benzene rings is 1. The fraction of sp³-hybridized carbons (Fsp3) is 0.562. The Morgan fingerprint density at radius 1 is 1.48 bits per heavy atom. The van der Waals surface area contributed by atoms with Crippen LogP contribution in [-0.2, 0) is 4.79 Å². The van der Waals surface area contributed by atoms with E-state index in [2.05, 4.69) is 0 Å². The van der Waals surface area contributed by atoms with Crippen molar-refractivity contribution in [3.63, 3.8) is 0 Å². The average Bonchev–Trinajstić information content (AvgIpc) is 2.46. The number of piperidine rings is 1. The number of amides is 1. The molecule has 1 aromatic carbocycles. The summed E-state index contributed by atoms with van der Waals surface area (Å²) >= 11 is 0. The second kappa shape index (κ2) is 7.00. The molecule has 0 saturated carbocycles. The Morgan fingerprint density at radius 3 is 2.76 bits per heavy atom. The van der Waals surface area contributed by atoms with E-state index in [0.717, 1.165) is 24.9 Å². The first-order valence-corrected chi connectivity index (χ1v) is 7.39. The Labute approximate surface area is 125 Å². The van der Waals surface area contributed by atoms with E-state index in [-0.39, 0.29) is 23.9 Å². The Kier molecular flexibility index (Phi) is 5.31. The van der Waals surface area contributed by atoms with Crippen molar-refractivity contribution in [1.82, 2.24) is 9.80 Å². The number of aliphatic hydroxyl groups excluding tert-OH is 1. The van der Waals surface area contributed by atoms with Crippen molar-refractivity contribution in [2.24, 2.45) is 0 Å². The summed E-state index contributed by atoms with van der Waals surface area (Å²) in [5, 5.41) is 9.64. The summed E-state index contributed by atoms with van der Waals surface area (Å²) in [7, 11) is 1.76. The maximum Gasteiger partial charge on any atom is 0.236 e. The highest BCUT2D eigenvalue weighted by atomic mass is 19.1. The largest absolute Gasteiger partial charge is 0.392 e. The van der Waals surface area contributed by atoms with Crippen LogP contribution in [-0.4, -0.2) is 53.6 Å². The minimum absolute atomic E-state index is 0.0147. The van der Waals surface area contributed by atoms with Crippen LogP contribution in [0.15, 0.2) is 24.3 Å². The van der Waals surface area contributed by atoms with Gasteiger partial charge in [0.2, 0.25) is 5.91 Å². The van der Waals surface area contributed by atoms with Gasteiger partial charge in [-0.25, -0.2) is 4.39 Å². The number of β-amino-alcohol motifs (C(OH)–C–C–N with tert-alkyl or cyclic N) is 1. The smallest absolute Gasteiger partial charge is 0.236 e. The fourth-order valence-corrected chi connectivity index (χ4v) is 2.66. The number of carbonyl (C=O) groups is 1. The van der Waals surface area contributed by atoms with E-state index in [1.807, 2.05) is 11.8 Å². The number of aliphatic hydroxyl groups is 1. The van der Waals surface area contributed by atoms with Crippen molar-refractivity contribution in [3.05, 3.63) is 35.6 Å². The van der Waals surface area contributed by atoms with Crippen LogP contribution in [0.3, 0.4) is 0 Å². The monoisotopic (exact) mass is 294 g/mol. The molecule has 0 radical (unpaired) electrons. The summed E-state index contributed by atoms with van der Waals surface area (Å²) in [6.07, 6.45) is 1.41. The highest BCUT2D eigenvalue weighted by Gasteiger charge is 2.23. The van der Waals surface area contributed by atoms with E-state index in [1.54, 1.807) is 24.1 Å². The summed E-state index contributed by atoms with van der Waals surface area (Å²) in [4.78, 5) is 16.0. The number of hydrogen-bond donors (Lipinski definition) is 1. The molecule has 0 spiro atoms. The van der Waals surface area contributed by atoms with Crippen molar-refractivity contribution < 1.29 is 14.3 Å². The highest BCUT2D eigenvalue weighted by Crippen LogP contribution is 2.19. The number of halogens is 1. The van der Waals surface area contributed by atoms with E-state index < -0.39 is 0 Å². The van der Waals surface area contributed by atoms with Gasteiger partial charge in [-0.15, -0.1) is 0 Å². The molecule has 0 aliphatic carbocycles. The summed E-state index contributed by atoms with van der Waals surface area (Å²) in [6, 6.07) is 6.12. The van der Waals surface area contributed by atoms with Gasteiger partial charge in [0, 0.05) is 13.6 Å². The SMILES string of the molecule is CC(c1ccc(F)cc1)N(C)C(=O)CN1CCCC(O)C1. The number of carbonyl (C=O) groups excluding carboxylic acids is 1. The zero-order chi connectivity index (χ0) is 15.4. The first kappa shape index (κ1) is 15.9. The molecule has 1 heterocycles. The molecule has 2 rings (SSSR count). The molecule has 0 aromatic heterocycles. The topological polar surface area (TPSA) is 43.8 Å². The van der Waals surface area contributed by atoms with Gasteiger partial charge in [-0.3, -0.25) is 9.69 Å². The van der Waals surface area contributed by atoms with Crippen molar-refractivity contribution in [2.75, 3.05) is 26.7 Å². The van der Waals surface area contributed by atoms with Gasteiger partial charge in [0.05, 0.1) is 18.7 Å². The molecule has 1 amide bonds. The normalized spacial score (nSPS) is 21.0. The minimum atomic E-state index is -0.327. The minimum Gasteiger partial charge on any atom is -0.392 e. The molecule has 2 atom stereocenters. The molecule has 116 valence electrons. The lowest BCUT2D eigenvalue weighted by atomic mass is 10.1. The van der Waals surface area contributed by atoms with Gasteiger partial charge >= 0.3 is 0 Å². The Balaban J connectivity index is 1.93. The zero-order valence-corrected chi connectivity index (χ0v) is 12.6. The molecular weight excluding hydrogens is 271 g/mol. The van der Waals surface area contributed by atoms with Gasteiger partial charge < -0.3 is 10.0 Å². The van der Waals surface area contributed by atoms with Gasteiger partial charge in [-0.1, -0.05) is 12.1 Å². The summed E-state index contributed by atoms with van der Waals surface area (Å²) in [5.74, 6) is -0.261. The molecule has 1 aliphatic rings. The van der Waals surface area contributed by atoms with Crippen LogP contribution in [0.5, 0.6) is 0 Å². The Morgan fingerprint density at radius 2 is 2.14 bits per heavy atom. The van der Waals surface area contributed by atoms with E-state index in [1.165, 1.54) is 12.1 Å². The van der Waals surface area contributed by atoms with Gasteiger partial charge in [-0.2, -0.15) is 0 Å². The lowest BCUT2D eigenvalue weighted by Crippen LogP contribution is -2.45. The molecule has 0 bridgehead atoms. The molecule has 1 aromatic rings. The summed E-state index contributed by atoms with van der Waals surface area (Å²) in [5.41, 5.74) is 0.908. The average molecular weight is 294 g/mol. The van der Waals surface area contributed by atoms with Gasteiger partial charge in [-0.05, 0) is 44.0 Å². The van der Waals surface area contributed by atoms with Gasteiger partial charge in [0.15, 0.2) is 0 Å². The van der Waals surface area contributed by atoms with Crippen LogP contribution >= 0.6 is 0 Å².